The Balaban J connectivity index is 2.75. The van der Waals surface area contributed by atoms with Crippen molar-refractivity contribution in [3.8, 4) is 0 Å². The number of urea groups is 1. The molecule has 0 aromatic carbocycles. The van der Waals surface area contributed by atoms with Crippen LogP contribution in [0, 0.1) is 5.92 Å². The first kappa shape index (κ1) is 12.8. The van der Waals surface area contributed by atoms with Crippen molar-refractivity contribution in [3.63, 3.8) is 0 Å². The van der Waals surface area contributed by atoms with E-state index in [-0.39, 0.29) is 10.8 Å². The molecular weight excluding hydrogens is 225 g/mol. The highest BCUT2D eigenvalue weighted by Gasteiger charge is 2.45. The Morgan fingerprint density at radius 2 is 2.00 bits per heavy atom. The number of nitrogens with one attached hydrogen (secondary N) is 1. The van der Waals surface area contributed by atoms with Crippen molar-refractivity contribution >= 4 is 11.9 Å². The lowest BCUT2D eigenvalue weighted by Gasteiger charge is -2.17. The van der Waals surface area contributed by atoms with Gasteiger partial charge in [-0.1, -0.05) is 20.3 Å². The van der Waals surface area contributed by atoms with Gasteiger partial charge in [0, 0.05) is 0 Å². The smallest absolute Gasteiger partial charge is 0.326 e. The van der Waals surface area contributed by atoms with Gasteiger partial charge in [0.15, 0.2) is 0 Å². The molecule has 0 aromatic rings. The van der Waals surface area contributed by atoms with E-state index in [2.05, 4.69) is 5.32 Å². The van der Waals surface area contributed by atoms with Crippen LogP contribution < -0.4 is 5.32 Å². The lowest BCUT2D eigenvalue weighted by atomic mass is 9.99. The second-order valence-electron chi connectivity index (χ2n) is 3.85. The minimum Gasteiger partial charge on any atom is -0.326 e. The molecule has 1 fully saturated rings. The van der Waals surface area contributed by atoms with E-state index < -0.39 is 30.7 Å². The zero-order valence-electron chi connectivity index (χ0n) is 8.97. The van der Waals surface area contributed by atoms with Crippen molar-refractivity contribution in [1.82, 2.24) is 10.2 Å². The average molecular weight is 238 g/mol. The summed E-state index contributed by atoms with van der Waals surface area (Å²) in [4.78, 5) is 22.9. The standard InChI is InChI=1S/C9H13F3N2O2/c1-3-5(2)6-7(15)14(8(16)13-6)4-9(10,11)12/h5-6H,3-4H2,1-2H3,(H,13,16). The van der Waals surface area contributed by atoms with Gasteiger partial charge in [0.25, 0.3) is 5.91 Å². The van der Waals surface area contributed by atoms with Crippen LogP contribution >= 0.6 is 0 Å². The summed E-state index contributed by atoms with van der Waals surface area (Å²) >= 11 is 0. The second-order valence-corrected chi connectivity index (χ2v) is 3.85. The Hall–Kier alpha value is -1.27. The summed E-state index contributed by atoms with van der Waals surface area (Å²) in [5.74, 6) is -0.966. The minimum atomic E-state index is -4.56. The minimum absolute atomic E-state index is 0.172. The fourth-order valence-corrected chi connectivity index (χ4v) is 1.49. The van der Waals surface area contributed by atoms with E-state index >= 15 is 0 Å². The largest absolute Gasteiger partial charge is 0.406 e. The molecule has 0 aliphatic carbocycles. The molecule has 1 aliphatic heterocycles. The maximum atomic E-state index is 12.1. The molecule has 0 saturated carbocycles. The summed E-state index contributed by atoms with van der Waals surface area (Å²) in [6.07, 6.45) is -3.95. The van der Waals surface area contributed by atoms with Crippen molar-refractivity contribution in [1.29, 1.82) is 0 Å². The number of halogens is 3. The number of carbonyl (C=O) groups is 2. The van der Waals surface area contributed by atoms with Crippen molar-refractivity contribution in [3.05, 3.63) is 0 Å². The van der Waals surface area contributed by atoms with Crippen LogP contribution in [0.1, 0.15) is 20.3 Å². The van der Waals surface area contributed by atoms with E-state index in [0.29, 0.717) is 6.42 Å². The molecule has 3 amide bonds. The van der Waals surface area contributed by atoms with Crippen LogP contribution in [0.15, 0.2) is 0 Å². The summed E-state index contributed by atoms with van der Waals surface area (Å²) in [5, 5.41) is 2.26. The van der Waals surface area contributed by atoms with Gasteiger partial charge in [-0.2, -0.15) is 13.2 Å². The van der Waals surface area contributed by atoms with Crippen molar-refractivity contribution in [2.45, 2.75) is 32.5 Å². The van der Waals surface area contributed by atoms with Crippen LogP contribution in [0.4, 0.5) is 18.0 Å². The highest BCUT2D eigenvalue weighted by molar-refractivity contribution is 6.04. The van der Waals surface area contributed by atoms with E-state index in [1.165, 1.54) is 0 Å². The first-order valence-electron chi connectivity index (χ1n) is 4.95. The van der Waals surface area contributed by atoms with E-state index in [9.17, 15) is 22.8 Å². The normalized spacial score (nSPS) is 23.6. The Morgan fingerprint density at radius 1 is 1.44 bits per heavy atom. The Kier molecular flexibility index (Phi) is 3.44. The fraction of sp³-hybridized carbons (Fsp3) is 0.778. The third kappa shape index (κ3) is 2.65. The topological polar surface area (TPSA) is 49.4 Å². The van der Waals surface area contributed by atoms with Crippen molar-refractivity contribution in [2.24, 2.45) is 5.92 Å². The number of alkyl halides is 3. The van der Waals surface area contributed by atoms with Crippen LogP contribution in [0.2, 0.25) is 0 Å². The summed E-state index contributed by atoms with van der Waals surface area (Å²) in [6, 6.07) is -1.80. The fourth-order valence-electron chi connectivity index (χ4n) is 1.49. The summed E-state index contributed by atoms with van der Waals surface area (Å²) in [7, 11) is 0. The number of nitrogens with zero attached hydrogens (tertiary/aromatic N) is 1. The predicted octanol–water partition coefficient (Wildman–Crippen LogP) is 1.52. The summed E-state index contributed by atoms with van der Waals surface area (Å²) in [6.45, 7) is 1.99. The van der Waals surface area contributed by atoms with E-state index in [1.807, 2.05) is 0 Å². The monoisotopic (exact) mass is 238 g/mol. The number of carbonyl (C=O) groups excluding carboxylic acids is 2. The third-order valence-electron chi connectivity index (χ3n) is 2.61. The lowest BCUT2D eigenvalue weighted by Crippen LogP contribution is -2.40. The highest BCUT2D eigenvalue weighted by Crippen LogP contribution is 2.22. The molecule has 0 aromatic heterocycles. The molecule has 2 unspecified atom stereocenters. The van der Waals surface area contributed by atoms with Gasteiger partial charge >= 0.3 is 12.2 Å². The van der Waals surface area contributed by atoms with Crippen molar-refractivity contribution < 1.29 is 22.8 Å². The van der Waals surface area contributed by atoms with E-state index in [1.54, 1.807) is 13.8 Å². The molecule has 1 saturated heterocycles. The van der Waals surface area contributed by atoms with Gasteiger partial charge in [0.05, 0.1) is 0 Å². The van der Waals surface area contributed by atoms with Crippen LogP contribution in [0.3, 0.4) is 0 Å². The van der Waals surface area contributed by atoms with E-state index in [4.69, 9.17) is 0 Å². The maximum Gasteiger partial charge on any atom is 0.406 e. The SMILES string of the molecule is CCC(C)C1NC(=O)N(CC(F)(F)F)C1=O. The first-order valence-corrected chi connectivity index (χ1v) is 4.95. The van der Waals surface area contributed by atoms with Gasteiger partial charge in [0.1, 0.15) is 12.6 Å². The molecule has 16 heavy (non-hydrogen) atoms. The maximum absolute atomic E-state index is 12.1. The van der Waals surface area contributed by atoms with Crippen LogP contribution in [-0.4, -0.2) is 35.6 Å². The van der Waals surface area contributed by atoms with Gasteiger partial charge in [-0.05, 0) is 5.92 Å². The number of imide groups is 1. The Labute approximate surface area is 90.8 Å². The van der Waals surface area contributed by atoms with Gasteiger partial charge in [-0.25, -0.2) is 4.79 Å². The van der Waals surface area contributed by atoms with Gasteiger partial charge < -0.3 is 5.32 Å². The van der Waals surface area contributed by atoms with Crippen LogP contribution in [0.5, 0.6) is 0 Å². The lowest BCUT2D eigenvalue weighted by molar-refractivity contribution is -0.153. The Morgan fingerprint density at radius 3 is 2.44 bits per heavy atom. The summed E-state index contributed by atoms with van der Waals surface area (Å²) in [5.41, 5.74) is 0. The summed E-state index contributed by atoms with van der Waals surface area (Å²) < 4.78 is 36.3. The van der Waals surface area contributed by atoms with Crippen LogP contribution in [0.25, 0.3) is 0 Å². The molecule has 1 rings (SSSR count). The molecule has 4 nitrogen and oxygen atoms in total. The zero-order chi connectivity index (χ0) is 12.5. The second kappa shape index (κ2) is 4.31. The van der Waals surface area contributed by atoms with Gasteiger partial charge in [0.2, 0.25) is 0 Å². The quantitative estimate of drug-likeness (QED) is 0.758. The van der Waals surface area contributed by atoms with Crippen molar-refractivity contribution in [2.75, 3.05) is 6.54 Å². The van der Waals surface area contributed by atoms with E-state index in [0.717, 1.165) is 0 Å². The molecular formula is C9H13F3N2O2. The predicted molar refractivity (Wildman–Crippen MR) is 49.5 cm³/mol. The number of hydrogen-bond acceptors (Lipinski definition) is 2. The molecule has 0 spiro atoms. The van der Waals surface area contributed by atoms with Gasteiger partial charge in [-0.3, -0.25) is 9.69 Å². The average Bonchev–Trinajstić information content (AvgIpc) is 2.42. The molecule has 0 bridgehead atoms. The third-order valence-corrected chi connectivity index (χ3v) is 2.61. The molecule has 1 heterocycles. The molecule has 1 aliphatic rings. The first-order chi connectivity index (χ1) is 7.26. The molecule has 92 valence electrons. The molecule has 2 atom stereocenters. The van der Waals surface area contributed by atoms with Gasteiger partial charge in [-0.15, -0.1) is 0 Å². The molecule has 7 heteroatoms. The van der Waals surface area contributed by atoms with Crippen LogP contribution in [-0.2, 0) is 4.79 Å². The zero-order valence-corrected chi connectivity index (χ0v) is 8.97. The number of rotatable bonds is 3. The molecule has 1 N–H and O–H groups in total. The highest BCUT2D eigenvalue weighted by atomic mass is 19.4. The number of hydrogen-bond donors (Lipinski definition) is 1. The number of amides is 3. The Bertz CT molecular complexity index is 304. The molecule has 0 radical (unpaired) electrons.